The van der Waals surface area contributed by atoms with Crippen LogP contribution in [0.5, 0.6) is 5.75 Å². The zero-order valence-corrected chi connectivity index (χ0v) is 13.3. The third kappa shape index (κ3) is 5.64. The fraction of sp³-hybridized carbons (Fsp3) is 0.588. The highest BCUT2D eigenvalue weighted by Crippen LogP contribution is 2.19. The van der Waals surface area contributed by atoms with Gasteiger partial charge in [0, 0.05) is 25.0 Å². The van der Waals surface area contributed by atoms with Gasteiger partial charge < -0.3 is 15.4 Å². The van der Waals surface area contributed by atoms with Gasteiger partial charge in [-0.2, -0.15) is 0 Å². The SMILES string of the molecule is CC(=O)NC1CCC(N[C@@H](C)COc2ccc(F)cc2)CC1. The van der Waals surface area contributed by atoms with Crippen molar-refractivity contribution in [1.29, 1.82) is 0 Å². The molecule has 4 nitrogen and oxygen atoms in total. The van der Waals surface area contributed by atoms with Crippen LogP contribution in [-0.2, 0) is 4.79 Å². The molecule has 1 aliphatic rings. The zero-order chi connectivity index (χ0) is 15.9. The number of benzene rings is 1. The van der Waals surface area contributed by atoms with Crippen LogP contribution in [0, 0.1) is 5.82 Å². The Morgan fingerprint density at radius 3 is 2.41 bits per heavy atom. The number of amides is 1. The molecule has 1 aromatic carbocycles. The summed E-state index contributed by atoms with van der Waals surface area (Å²) in [4.78, 5) is 11.0. The molecule has 0 spiro atoms. The van der Waals surface area contributed by atoms with E-state index >= 15 is 0 Å². The number of halogens is 1. The number of rotatable bonds is 6. The monoisotopic (exact) mass is 308 g/mol. The van der Waals surface area contributed by atoms with E-state index in [9.17, 15) is 9.18 Å². The van der Waals surface area contributed by atoms with Crippen LogP contribution in [0.4, 0.5) is 4.39 Å². The van der Waals surface area contributed by atoms with Crippen molar-refractivity contribution in [3.05, 3.63) is 30.1 Å². The Morgan fingerprint density at radius 1 is 1.23 bits per heavy atom. The van der Waals surface area contributed by atoms with Crippen LogP contribution >= 0.6 is 0 Å². The third-order valence-corrected chi connectivity index (χ3v) is 3.97. The first-order chi connectivity index (χ1) is 10.5. The molecule has 0 radical (unpaired) electrons. The summed E-state index contributed by atoms with van der Waals surface area (Å²) >= 11 is 0. The number of ether oxygens (including phenoxy) is 1. The first-order valence-electron chi connectivity index (χ1n) is 7.94. The largest absolute Gasteiger partial charge is 0.492 e. The van der Waals surface area contributed by atoms with Crippen LogP contribution < -0.4 is 15.4 Å². The molecule has 122 valence electrons. The second kappa shape index (κ2) is 8.13. The summed E-state index contributed by atoms with van der Waals surface area (Å²) in [5, 5.41) is 6.55. The van der Waals surface area contributed by atoms with Gasteiger partial charge in [0.15, 0.2) is 0 Å². The predicted octanol–water partition coefficient (Wildman–Crippen LogP) is 2.63. The van der Waals surface area contributed by atoms with Crippen LogP contribution in [-0.4, -0.2) is 30.6 Å². The molecule has 5 heteroatoms. The zero-order valence-electron chi connectivity index (χ0n) is 13.3. The molecule has 1 atom stereocenters. The summed E-state index contributed by atoms with van der Waals surface area (Å²) in [5.74, 6) is 0.483. The van der Waals surface area contributed by atoms with Gasteiger partial charge in [0.1, 0.15) is 18.2 Å². The van der Waals surface area contributed by atoms with E-state index < -0.39 is 0 Å². The molecule has 1 fully saturated rings. The van der Waals surface area contributed by atoms with Crippen LogP contribution in [0.25, 0.3) is 0 Å². The molecule has 0 unspecified atom stereocenters. The van der Waals surface area contributed by atoms with Gasteiger partial charge in [0.25, 0.3) is 0 Å². The first-order valence-corrected chi connectivity index (χ1v) is 7.94. The molecule has 2 rings (SSSR count). The van der Waals surface area contributed by atoms with Crippen LogP contribution in [0.3, 0.4) is 0 Å². The summed E-state index contributed by atoms with van der Waals surface area (Å²) in [6.07, 6.45) is 4.16. The molecular weight excluding hydrogens is 283 g/mol. The molecule has 0 aliphatic heterocycles. The molecule has 2 N–H and O–H groups in total. The number of hydrogen-bond donors (Lipinski definition) is 2. The average Bonchev–Trinajstić information content (AvgIpc) is 2.48. The van der Waals surface area contributed by atoms with Crippen LogP contribution in [0.2, 0.25) is 0 Å². The quantitative estimate of drug-likeness (QED) is 0.849. The summed E-state index contributed by atoms with van der Waals surface area (Å²) in [7, 11) is 0. The maximum Gasteiger partial charge on any atom is 0.217 e. The van der Waals surface area contributed by atoms with Gasteiger partial charge in [-0.1, -0.05) is 0 Å². The van der Waals surface area contributed by atoms with Crippen LogP contribution in [0.15, 0.2) is 24.3 Å². The minimum atomic E-state index is -0.255. The van der Waals surface area contributed by atoms with Crippen molar-refractivity contribution in [3.8, 4) is 5.75 Å². The summed E-state index contributed by atoms with van der Waals surface area (Å²) < 4.78 is 18.5. The van der Waals surface area contributed by atoms with Crippen molar-refractivity contribution in [2.45, 2.75) is 57.7 Å². The Balaban J connectivity index is 1.66. The maximum atomic E-state index is 12.8. The topological polar surface area (TPSA) is 50.4 Å². The van der Waals surface area contributed by atoms with Gasteiger partial charge in [-0.05, 0) is 56.9 Å². The van der Waals surface area contributed by atoms with Crippen molar-refractivity contribution in [2.75, 3.05) is 6.61 Å². The van der Waals surface area contributed by atoms with Gasteiger partial charge >= 0.3 is 0 Å². The minimum absolute atomic E-state index is 0.0532. The molecule has 0 bridgehead atoms. The lowest BCUT2D eigenvalue weighted by Crippen LogP contribution is -2.45. The summed E-state index contributed by atoms with van der Waals surface area (Å²) in [6.45, 7) is 4.21. The van der Waals surface area contributed by atoms with Gasteiger partial charge in [0.2, 0.25) is 5.91 Å². The van der Waals surface area contributed by atoms with E-state index in [0.29, 0.717) is 24.4 Å². The molecular formula is C17H25FN2O2. The highest BCUT2D eigenvalue weighted by molar-refractivity contribution is 5.73. The Bertz CT molecular complexity index is 470. The molecule has 1 aliphatic carbocycles. The van der Waals surface area contributed by atoms with E-state index in [4.69, 9.17) is 4.74 Å². The molecule has 1 aromatic rings. The lowest BCUT2D eigenvalue weighted by atomic mass is 9.91. The second-order valence-electron chi connectivity index (χ2n) is 6.08. The second-order valence-corrected chi connectivity index (χ2v) is 6.08. The van der Waals surface area contributed by atoms with E-state index in [2.05, 4.69) is 17.6 Å². The normalized spacial score (nSPS) is 22.9. The van der Waals surface area contributed by atoms with Gasteiger partial charge in [0.05, 0.1) is 0 Å². The standard InChI is InChI=1S/C17H25FN2O2/c1-12(11-22-17-9-3-14(18)4-10-17)19-15-5-7-16(8-6-15)20-13(2)21/h3-4,9-10,12,15-16,19H,5-8,11H2,1-2H3,(H,20,21)/t12-,15?,16?/m0/s1. The van der Waals surface area contributed by atoms with E-state index in [-0.39, 0.29) is 17.8 Å². The molecule has 1 saturated carbocycles. The first kappa shape index (κ1) is 16.7. The summed E-state index contributed by atoms with van der Waals surface area (Å²) in [5.41, 5.74) is 0. The minimum Gasteiger partial charge on any atom is -0.492 e. The van der Waals surface area contributed by atoms with Crippen molar-refractivity contribution in [3.63, 3.8) is 0 Å². The third-order valence-electron chi connectivity index (χ3n) is 3.97. The highest BCUT2D eigenvalue weighted by Gasteiger charge is 2.22. The molecule has 0 heterocycles. The molecule has 0 saturated heterocycles. The highest BCUT2D eigenvalue weighted by atomic mass is 19.1. The van der Waals surface area contributed by atoms with E-state index in [0.717, 1.165) is 25.7 Å². The molecule has 0 aromatic heterocycles. The molecule has 1 amide bonds. The van der Waals surface area contributed by atoms with Crippen molar-refractivity contribution in [1.82, 2.24) is 10.6 Å². The predicted molar refractivity (Wildman–Crippen MR) is 84.4 cm³/mol. The van der Waals surface area contributed by atoms with Crippen LogP contribution in [0.1, 0.15) is 39.5 Å². The Hall–Kier alpha value is -1.62. The fourth-order valence-electron chi connectivity index (χ4n) is 2.89. The Labute approximate surface area is 131 Å². The average molecular weight is 308 g/mol. The van der Waals surface area contributed by atoms with Crippen molar-refractivity contribution >= 4 is 5.91 Å². The lowest BCUT2D eigenvalue weighted by Gasteiger charge is -2.31. The van der Waals surface area contributed by atoms with E-state index in [1.165, 1.54) is 12.1 Å². The summed E-state index contributed by atoms with van der Waals surface area (Å²) in [6, 6.07) is 7.10. The van der Waals surface area contributed by atoms with Gasteiger partial charge in [-0.3, -0.25) is 4.79 Å². The number of carbonyl (C=O) groups excluding carboxylic acids is 1. The van der Waals surface area contributed by atoms with Crippen molar-refractivity contribution in [2.24, 2.45) is 0 Å². The molecule has 22 heavy (non-hydrogen) atoms. The number of hydrogen-bond acceptors (Lipinski definition) is 3. The lowest BCUT2D eigenvalue weighted by molar-refractivity contribution is -0.119. The van der Waals surface area contributed by atoms with E-state index in [1.807, 2.05) is 0 Å². The smallest absolute Gasteiger partial charge is 0.217 e. The van der Waals surface area contributed by atoms with Gasteiger partial charge in [-0.15, -0.1) is 0 Å². The van der Waals surface area contributed by atoms with Crippen molar-refractivity contribution < 1.29 is 13.9 Å². The fourth-order valence-corrected chi connectivity index (χ4v) is 2.89. The van der Waals surface area contributed by atoms with Gasteiger partial charge in [-0.25, -0.2) is 4.39 Å². The number of nitrogens with one attached hydrogen (secondary N) is 2. The van der Waals surface area contributed by atoms with E-state index in [1.54, 1.807) is 19.1 Å². The number of carbonyl (C=O) groups is 1. The Kier molecular flexibility index (Phi) is 6.19. The maximum absolute atomic E-state index is 12.8. The Morgan fingerprint density at radius 2 is 1.82 bits per heavy atom.